The van der Waals surface area contributed by atoms with Crippen LogP contribution in [0.5, 0.6) is 0 Å². The van der Waals surface area contributed by atoms with Gasteiger partial charge in [-0.15, -0.1) is 0 Å². The highest BCUT2D eigenvalue weighted by atomic mass is 79.9. The predicted molar refractivity (Wildman–Crippen MR) is 50.1 cm³/mol. The van der Waals surface area contributed by atoms with Gasteiger partial charge in [-0.3, -0.25) is 4.79 Å². The summed E-state index contributed by atoms with van der Waals surface area (Å²) in [6.45, 7) is 0. The molecule has 0 bridgehead atoms. The lowest BCUT2D eigenvalue weighted by atomic mass is 9.78. The van der Waals surface area contributed by atoms with Crippen LogP contribution >= 0.6 is 15.9 Å². The lowest BCUT2D eigenvalue weighted by Gasteiger charge is -2.30. The molecule has 2 atom stereocenters. The molecule has 1 rings (SSSR count). The van der Waals surface area contributed by atoms with Crippen molar-refractivity contribution in [3.05, 3.63) is 0 Å². The lowest BCUT2D eigenvalue weighted by molar-refractivity contribution is -0.148. The van der Waals surface area contributed by atoms with E-state index in [1.807, 2.05) is 0 Å². The quantitative estimate of drug-likeness (QED) is 0.741. The molecule has 0 amide bonds. The summed E-state index contributed by atoms with van der Waals surface area (Å²) in [6, 6.07) is 0. The molecule has 0 radical (unpaired) electrons. The molecule has 0 aromatic rings. The van der Waals surface area contributed by atoms with Crippen LogP contribution in [0.25, 0.3) is 0 Å². The Bertz CT molecular complexity index is 293. The van der Waals surface area contributed by atoms with Crippen LogP contribution in [0.3, 0.4) is 0 Å². The Balaban J connectivity index is 2.79. The Morgan fingerprint density at radius 2 is 2.21 bits per heavy atom. The zero-order chi connectivity index (χ0) is 10.8. The van der Waals surface area contributed by atoms with Crippen molar-refractivity contribution in [2.24, 2.45) is 11.8 Å². The summed E-state index contributed by atoms with van der Waals surface area (Å²) in [5.41, 5.74) is 0. The number of alkyl halides is 2. The van der Waals surface area contributed by atoms with Crippen LogP contribution in [0.4, 0.5) is 8.78 Å². The first-order chi connectivity index (χ1) is 6.46. The van der Waals surface area contributed by atoms with E-state index in [2.05, 4.69) is 26.7 Å². The molecule has 0 aliphatic heterocycles. The third-order valence-electron chi connectivity index (χ3n) is 2.38. The lowest BCUT2D eigenvalue weighted by Crippen LogP contribution is -2.35. The van der Waals surface area contributed by atoms with E-state index in [1.54, 1.807) is 0 Å². The molecule has 2 nitrogen and oxygen atoms in total. The summed E-state index contributed by atoms with van der Waals surface area (Å²) in [5, 5.41) is 8.78. The Hall–Kier alpha value is -0.630. The fourth-order valence-corrected chi connectivity index (χ4v) is 1.95. The van der Waals surface area contributed by atoms with Crippen LogP contribution in [-0.4, -0.2) is 17.0 Å². The molecule has 14 heavy (non-hydrogen) atoms. The van der Waals surface area contributed by atoms with E-state index in [9.17, 15) is 13.6 Å². The van der Waals surface area contributed by atoms with Crippen molar-refractivity contribution in [3.8, 4) is 10.8 Å². The summed E-state index contributed by atoms with van der Waals surface area (Å²) in [6.07, 6.45) is -0.818. The molecule has 0 heterocycles. The molecule has 78 valence electrons. The van der Waals surface area contributed by atoms with Crippen molar-refractivity contribution in [1.29, 1.82) is 0 Å². The minimum absolute atomic E-state index is 0.00528. The van der Waals surface area contributed by atoms with Crippen molar-refractivity contribution >= 4 is 21.9 Å². The maximum absolute atomic E-state index is 12.9. The zero-order valence-corrected chi connectivity index (χ0v) is 8.85. The van der Waals surface area contributed by atoms with Crippen molar-refractivity contribution in [1.82, 2.24) is 0 Å². The Morgan fingerprint density at radius 1 is 1.57 bits per heavy atom. The molecule has 0 saturated heterocycles. The van der Waals surface area contributed by atoms with Gasteiger partial charge in [0.05, 0.1) is 5.92 Å². The summed E-state index contributed by atoms with van der Waals surface area (Å²) >= 11 is 2.80. The molecular weight excluding hydrogens is 258 g/mol. The third kappa shape index (κ3) is 2.68. The Labute approximate surface area is 88.8 Å². The standard InChI is InChI=1S/C9H9BrF2O2/c10-4-2-6-5-9(11,12)3-1-7(6)8(13)14/h6-7H,1,3,5H2,(H,13,14). The third-order valence-corrected chi connectivity index (χ3v) is 2.61. The normalized spacial score (nSPS) is 30.2. The minimum atomic E-state index is -2.77. The van der Waals surface area contributed by atoms with E-state index in [1.165, 1.54) is 0 Å². The molecule has 5 heteroatoms. The summed E-state index contributed by atoms with van der Waals surface area (Å²) < 4.78 is 25.9. The second kappa shape index (κ2) is 4.26. The van der Waals surface area contributed by atoms with Gasteiger partial charge >= 0.3 is 5.97 Å². The van der Waals surface area contributed by atoms with Crippen LogP contribution in [0.2, 0.25) is 0 Å². The van der Waals surface area contributed by atoms with E-state index >= 15 is 0 Å². The summed E-state index contributed by atoms with van der Waals surface area (Å²) in [5.74, 6) is -2.85. The number of carboxylic acid groups (broad SMARTS) is 1. The topological polar surface area (TPSA) is 37.3 Å². The first-order valence-electron chi connectivity index (χ1n) is 4.18. The molecule has 1 saturated carbocycles. The highest BCUT2D eigenvalue weighted by molar-refractivity contribution is 9.12. The van der Waals surface area contributed by atoms with Crippen LogP contribution in [0.1, 0.15) is 19.3 Å². The average Bonchev–Trinajstić information content (AvgIpc) is 2.02. The average molecular weight is 267 g/mol. The largest absolute Gasteiger partial charge is 0.481 e. The number of halogens is 3. The van der Waals surface area contributed by atoms with Crippen molar-refractivity contribution in [3.63, 3.8) is 0 Å². The first-order valence-corrected chi connectivity index (χ1v) is 4.97. The van der Waals surface area contributed by atoms with Gasteiger partial charge in [0.2, 0.25) is 5.92 Å². The van der Waals surface area contributed by atoms with Gasteiger partial charge < -0.3 is 5.11 Å². The van der Waals surface area contributed by atoms with E-state index in [-0.39, 0.29) is 12.8 Å². The van der Waals surface area contributed by atoms with Gasteiger partial charge in [0.25, 0.3) is 0 Å². The molecule has 0 aromatic carbocycles. The molecule has 1 aliphatic carbocycles. The summed E-state index contributed by atoms with van der Waals surface area (Å²) in [7, 11) is 0. The minimum Gasteiger partial charge on any atom is -0.481 e. The number of hydrogen-bond donors (Lipinski definition) is 1. The smallest absolute Gasteiger partial charge is 0.307 e. The second-order valence-corrected chi connectivity index (χ2v) is 3.79. The monoisotopic (exact) mass is 266 g/mol. The van der Waals surface area contributed by atoms with Gasteiger partial charge in [-0.05, 0) is 11.3 Å². The fraction of sp³-hybridized carbons (Fsp3) is 0.667. The van der Waals surface area contributed by atoms with Gasteiger partial charge in [0.15, 0.2) is 0 Å². The first kappa shape index (κ1) is 11.4. The van der Waals surface area contributed by atoms with Crippen LogP contribution in [-0.2, 0) is 4.79 Å². The van der Waals surface area contributed by atoms with E-state index < -0.39 is 30.1 Å². The number of aliphatic carboxylic acids is 1. The van der Waals surface area contributed by atoms with Crippen LogP contribution < -0.4 is 0 Å². The van der Waals surface area contributed by atoms with Crippen LogP contribution in [0, 0.1) is 22.6 Å². The Morgan fingerprint density at radius 3 is 2.71 bits per heavy atom. The van der Waals surface area contributed by atoms with Gasteiger partial charge in [-0.25, -0.2) is 8.78 Å². The van der Waals surface area contributed by atoms with Crippen molar-refractivity contribution < 1.29 is 18.7 Å². The molecule has 1 N–H and O–H groups in total. The van der Waals surface area contributed by atoms with E-state index in [4.69, 9.17) is 5.11 Å². The highest BCUT2D eigenvalue weighted by Gasteiger charge is 2.43. The van der Waals surface area contributed by atoms with E-state index in [0.717, 1.165) is 0 Å². The van der Waals surface area contributed by atoms with E-state index in [0.29, 0.717) is 0 Å². The zero-order valence-electron chi connectivity index (χ0n) is 7.27. The number of carbonyl (C=O) groups is 1. The second-order valence-electron chi connectivity index (χ2n) is 3.39. The SMILES string of the molecule is O=C(O)C1CCC(F)(F)CC1C#CBr. The van der Waals surface area contributed by atoms with Gasteiger partial charge in [-0.2, -0.15) is 0 Å². The number of rotatable bonds is 1. The molecular formula is C9H9BrF2O2. The van der Waals surface area contributed by atoms with Gasteiger partial charge in [0, 0.05) is 34.7 Å². The maximum atomic E-state index is 12.9. The van der Waals surface area contributed by atoms with Gasteiger partial charge in [0.1, 0.15) is 0 Å². The maximum Gasteiger partial charge on any atom is 0.307 e. The predicted octanol–water partition coefficient (Wildman–Crippen LogP) is 2.48. The number of hydrogen-bond acceptors (Lipinski definition) is 1. The molecule has 1 aliphatic rings. The van der Waals surface area contributed by atoms with Crippen molar-refractivity contribution in [2.45, 2.75) is 25.2 Å². The highest BCUT2D eigenvalue weighted by Crippen LogP contribution is 2.39. The fourth-order valence-electron chi connectivity index (χ4n) is 1.65. The molecule has 0 spiro atoms. The van der Waals surface area contributed by atoms with Crippen molar-refractivity contribution in [2.75, 3.05) is 0 Å². The summed E-state index contributed by atoms with van der Waals surface area (Å²) in [4.78, 5) is 13.0. The van der Waals surface area contributed by atoms with Gasteiger partial charge in [-0.1, -0.05) is 5.92 Å². The molecule has 0 aromatic heterocycles. The Kier molecular flexibility index (Phi) is 3.48. The number of carboxylic acids is 1. The van der Waals surface area contributed by atoms with Crippen LogP contribution in [0.15, 0.2) is 0 Å². The molecule has 1 fully saturated rings. The molecule has 2 unspecified atom stereocenters.